The van der Waals surface area contributed by atoms with E-state index in [0.717, 1.165) is 0 Å². The van der Waals surface area contributed by atoms with Gasteiger partial charge in [0.2, 0.25) is 5.91 Å². The molecule has 0 aromatic heterocycles. The van der Waals surface area contributed by atoms with Gasteiger partial charge >= 0.3 is 0 Å². The molecule has 0 aliphatic carbocycles. The molecule has 3 nitrogen and oxygen atoms in total. The number of hydrogen-bond acceptors (Lipinski definition) is 2. The highest BCUT2D eigenvalue weighted by atomic mass is 16.2. The highest BCUT2D eigenvalue weighted by molar-refractivity contribution is 5.78. The number of carbonyl (C=O) groups excluding carboxylic acids is 1. The number of nitrogens with zero attached hydrogens (tertiary/aromatic N) is 1. The molecule has 17 heavy (non-hydrogen) atoms. The number of amides is 1. The van der Waals surface area contributed by atoms with Gasteiger partial charge in [0.25, 0.3) is 0 Å². The summed E-state index contributed by atoms with van der Waals surface area (Å²) in [5.74, 6) is 0.128. The highest BCUT2D eigenvalue weighted by Crippen LogP contribution is 2.10. The van der Waals surface area contributed by atoms with Crippen LogP contribution in [0.15, 0.2) is 30.3 Å². The fraction of sp³-hybridized carbons (Fsp3) is 0.500. The average Bonchev–Trinajstić information content (AvgIpc) is 2.35. The molecule has 1 amide bonds. The van der Waals surface area contributed by atoms with E-state index >= 15 is 0 Å². The molecule has 1 aromatic rings. The Morgan fingerprint density at radius 3 is 2.35 bits per heavy atom. The smallest absolute Gasteiger partial charge is 0.236 e. The number of nitrogens with one attached hydrogen (secondary N) is 1. The van der Waals surface area contributed by atoms with E-state index in [4.69, 9.17) is 0 Å². The van der Waals surface area contributed by atoms with Gasteiger partial charge in [-0.15, -0.1) is 0 Å². The molecule has 0 saturated heterocycles. The molecule has 3 heteroatoms. The maximum absolute atomic E-state index is 11.8. The van der Waals surface area contributed by atoms with E-state index in [1.807, 2.05) is 39.1 Å². The molecule has 0 unspecified atom stereocenters. The summed E-state index contributed by atoms with van der Waals surface area (Å²) in [6.45, 7) is 6.47. The Hall–Kier alpha value is -1.35. The number of carbonyl (C=O) groups is 1. The quantitative estimate of drug-likeness (QED) is 0.847. The van der Waals surface area contributed by atoms with Crippen molar-refractivity contribution in [1.82, 2.24) is 10.2 Å². The maximum Gasteiger partial charge on any atom is 0.236 e. The monoisotopic (exact) mass is 234 g/mol. The molecule has 0 saturated carbocycles. The molecular formula is C14H22N2O. The molecule has 0 heterocycles. The molecule has 0 radical (unpaired) electrons. The Morgan fingerprint density at radius 1 is 1.24 bits per heavy atom. The number of rotatable bonds is 5. The van der Waals surface area contributed by atoms with E-state index in [2.05, 4.69) is 24.4 Å². The molecular weight excluding hydrogens is 212 g/mol. The van der Waals surface area contributed by atoms with E-state index in [-0.39, 0.29) is 18.0 Å². The van der Waals surface area contributed by atoms with Gasteiger partial charge in [0.1, 0.15) is 0 Å². The third-order valence-corrected chi connectivity index (χ3v) is 3.03. The Morgan fingerprint density at radius 2 is 1.82 bits per heavy atom. The zero-order valence-corrected chi connectivity index (χ0v) is 11.1. The summed E-state index contributed by atoms with van der Waals surface area (Å²) in [7, 11) is 1.84. The van der Waals surface area contributed by atoms with Crippen molar-refractivity contribution < 1.29 is 4.79 Å². The second kappa shape index (κ2) is 6.40. The lowest BCUT2D eigenvalue weighted by atomic mass is 10.1. The fourth-order valence-electron chi connectivity index (χ4n) is 1.51. The van der Waals surface area contributed by atoms with Crippen molar-refractivity contribution in [2.24, 2.45) is 0 Å². The lowest BCUT2D eigenvalue weighted by Crippen LogP contribution is -2.40. The van der Waals surface area contributed by atoms with E-state index in [1.54, 1.807) is 4.90 Å². The van der Waals surface area contributed by atoms with Gasteiger partial charge in [0.05, 0.1) is 6.54 Å². The van der Waals surface area contributed by atoms with Crippen LogP contribution in [0.5, 0.6) is 0 Å². The first-order valence-corrected chi connectivity index (χ1v) is 6.06. The second-order valence-electron chi connectivity index (χ2n) is 4.61. The largest absolute Gasteiger partial charge is 0.342 e. The van der Waals surface area contributed by atoms with Gasteiger partial charge in [-0.25, -0.2) is 0 Å². The van der Waals surface area contributed by atoms with E-state index < -0.39 is 0 Å². The zero-order valence-electron chi connectivity index (χ0n) is 11.1. The van der Waals surface area contributed by atoms with E-state index in [9.17, 15) is 4.79 Å². The SMILES string of the molecule is CC(C)N(C)C(=O)CN[C@@H](C)c1ccccc1. The molecule has 0 spiro atoms. The van der Waals surface area contributed by atoms with Gasteiger partial charge in [-0.2, -0.15) is 0 Å². The van der Waals surface area contributed by atoms with Crippen LogP contribution < -0.4 is 5.32 Å². The summed E-state index contributed by atoms with van der Waals surface area (Å²) < 4.78 is 0. The molecule has 0 aliphatic heterocycles. The Balaban J connectivity index is 2.44. The Labute approximate surface area is 104 Å². The predicted octanol–water partition coefficient (Wildman–Crippen LogP) is 2.20. The van der Waals surface area contributed by atoms with Crippen LogP contribution in [0.3, 0.4) is 0 Å². The highest BCUT2D eigenvalue weighted by Gasteiger charge is 2.13. The lowest BCUT2D eigenvalue weighted by molar-refractivity contribution is -0.130. The first-order chi connectivity index (χ1) is 8.02. The maximum atomic E-state index is 11.8. The number of hydrogen-bond donors (Lipinski definition) is 1. The van der Waals surface area contributed by atoms with E-state index in [0.29, 0.717) is 6.54 Å². The number of likely N-dealkylation sites (N-methyl/N-ethyl adjacent to an activating group) is 1. The third kappa shape index (κ3) is 4.19. The Bertz CT molecular complexity index is 348. The van der Waals surface area contributed by atoms with Crippen molar-refractivity contribution >= 4 is 5.91 Å². The van der Waals surface area contributed by atoms with Gasteiger partial charge in [0.15, 0.2) is 0 Å². The van der Waals surface area contributed by atoms with Crippen LogP contribution in [0.1, 0.15) is 32.4 Å². The molecule has 94 valence electrons. The summed E-state index contributed by atoms with van der Waals surface area (Å²) in [6, 6.07) is 10.6. The first kappa shape index (κ1) is 13.7. The topological polar surface area (TPSA) is 32.3 Å². The van der Waals surface area contributed by atoms with Crippen molar-refractivity contribution in [1.29, 1.82) is 0 Å². The van der Waals surface area contributed by atoms with Crippen molar-refractivity contribution in [3.05, 3.63) is 35.9 Å². The molecule has 1 N–H and O–H groups in total. The van der Waals surface area contributed by atoms with Crippen LogP contribution in [-0.4, -0.2) is 30.4 Å². The van der Waals surface area contributed by atoms with Crippen LogP contribution in [-0.2, 0) is 4.79 Å². The van der Waals surface area contributed by atoms with Gasteiger partial charge < -0.3 is 10.2 Å². The predicted molar refractivity (Wildman–Crippen MR) is 70.8 cm³/mol. The van der Waals surface area contributed by atoms with Gasteiger partial charge in [-0.05, 0) is 26.3 Å². The fourth-order valence-corrected chi connectivity index (χ4v) is 1.51. The van der Waals surface area contributed by atoms with Crippen molar-refractivity contribution in [3.63, 3.8) is 0 Å². The third-order valence-electron chi connectivity index (χ3n) is 3.03. The lowest BCUT2D eigenvalue weighted by Gasteiger charge is -2.23. The zero-order chi connectivity index (χ0) is 12.8. The summed E-state index contributed by atoms with van der Waals surface area (Å²) in [6.07, 6.45) is 0. The minimum atomic E-state index is 0.128. The molecule has 0 fully saturated rings. The van der Waals surface area contributed by atoms with Gasteiger partial charge in [0, 0.05) is 19.1 Å². The first-order valence-electron chi connectivity index (χ1n) is 6.06. The van der Waals surface area contributed by atoms with Crippen LogP contribution in [0.2, 0.25) is 0 Å². The van der Waals surface area contributed by atoms with E-state index in [1.165, 1.54) is 5.56 Å². The Kier molecular flexibility index (Phi) is 5.16. The molecule has 1 aromatic carbocycles. The van der Waals surface area contributed by atoms with Crippen LogP contribution in [0, 0.1) is 0 Å². The summed E-state index contributed by atoms with van der Waals surface area (Å²) in [5, 5.41) is 3.24. The van der Waals surface area contributed by atoms with Crippen molar-refractivity contribution in [2.45, 2.75) is 32.9 Å². The van der Waals surface area contributed by atoms with Crippen LogP contribution >= 0.6 is 0 Å². The molecule has 1 rings (SSSR count). The van der Waals surface area contributed by atoms with Crippen LogP contribution in [0.4, 0.5) is 0 Å². The number of benzene rings is 1. The average molecular weight is 234 g/mol. The second-order valence-corrected chi connectivity index (χ2v) is 4.61. The minimum absolute atomic E-state index is 0.128. The van der Waals surface area contributed by atoms with Gasteiger partial charge in [-0.1, -0.05) is 30.3 Å². The summed E-state index contributed by atoms with van der Waals surface area (Å²) in [5.41, 5.74) is 1.20. The van der Waals surface area contributed by atoms with Crippen LogP contribution in [0.25, 0.3) is 0 Å². The molecule has 1 atom stereocenters. The molecule has 0 bridgehead atoms. The normalized spacial score (nSPS) is 12.5. The van der Waals surface area contributed by atoms with Gasteiger partial charge in [-0.3, -0.25) is 4.79 Å². The molecule has 0 aliphatic rings. The van der Waals surface area contributed by atoms with Crippen molar-refractivity contribution in [3.8, 4) is 0 Å². The van der Waals surface area contributed by atoms with Crippen molar-refractivity contribution in [2.75, 3.05) is 13.6 Å². The standard InChI is InChI=1S/C14H22N2O/c1-11(2)16(4)14(17)10-15-12(3)13-8-6-5-7-9-13/h5-9,11-12,15H,10H2,1-4H3/t12-/m0/s1. The summed E-state index contributed by atoms with van der Waals surface area (Å²) in [4.78, 5) is 13.5. The minimum Gasteiger partial charge on any atom is -0.342 e. The summed E-state index contributed by atoms with van der Waals surface area (Å²) >= 11 is 0.